The number of carbonyl (C=O) groups is 2. The Bertz CT molecular complexity index is 586. The second kappa shape index (κ2) is 4.21. The van der Waals surface area contributed by atoms with Gasteiger partial charge in [-0.15, -0.1) is 0 Å². The Balaban J connectivity index is 2.64. The van der Waals surface area contributed by atoms with Crippen LogP contribution < -0.4 is 0 Å². The van der Waals surface area contributed by atoms with Crippen molar-refractivity contribution in [1.29, 1.82) is 0 Å². The largest absolute Gasteiger partial charge is 0.478 e. The average molecular weight is 234 g/mol. The third-order valence-corrected chi connectivity index (χ3v) is 2.23. The normalized spacial score (nSPS) is 10.2. The summed E-state index contributed by atoms with van der Waals surface area (Å²) in [6, 6.07) is 6.40. The molecule has 0 radical (unpaired) electrons. The van der Waals surface area contributed by atoms with Crippen molar-refractivity contribution in [2.45, 2.75) is 0 Å². The maximum Gasteiger partial charge on any atom is 0.336 e. The Morgan fingerprint density at radius 1 is 1.29 bits per heavy atom. The number of hydrogen-bond acceptors (Lipinski definition) is 3. The lowest BCUT2D eigenvalue weighted by Crippen LogP contribution is -2.00. The molecule has 0 aliphatic rings. The molecule has 1 heterocycles. The molecule has 2 aromatic rings. The van der Waals surface area contributed by atoms with Gasteiger partial charge in [0.1, 0.15) is 11.6 Å². The zero-order valence-corrected chi connectivity index (χ0v) is 8.51. The maximum absolute atomic E-state index is 13.6. The van der Waals surface area contributed by atoms with E-state index in [1.165, 1.54) is 24.3 Å². The predicted octanol–water partition coefficient (Wildman–Crippen LogP) is 2.60. The fourth-order valence-electron chi connectivity index (χ4n) is 1.50. The number of rotatable bonds is 3. The molecular formula is C12H7FO4. The molecule has 0 saturated heterocycles. The molecule has 0 bridgehead atoms. The van der Waals surface area contributed by atoms with Crippen molar-refractivity contribution in [3.05, 3.63) is 47.5 Å². The topological polar surface area (TPSA) is 67.5 Å². The van der Waals surface area contributed by atoms with Crippen LogP contribution in [-0.4, -0.2) is 17.4 Å². The van der Waals surface area contributed by atoms with Gasteiger partial charge in [-0.05, 0) is 24.3 Å². The van der Waals surface area contributed by atoms with Crippen LogP contribution in [-0.2, 0) is 0 Å². The summed E-state index contributed by atoms with van der Waals surface area (Å²) in [6.45, 7) is 0. The molecule has 2 rings (SSSR count). The molecule has 1 aromatic heterocycles. The minimum Gasteiger partial charge on any atom is -0.478 e. The van der Waals surface area contributed by atoms with Crippen molar-refractivity contribution in [2.75, 3.05) is 0 Å². The van der Waals surface area contributed by atoms with E-state index in [2.05, 4.69) is 0 Å². The van der Waals surface area contributed by atoms with Crippen molar-refractivity contribution in [2.24, 2.45) is 0 Å². The number of halogens is 1. The maximum atomic E-state index is 13.6. The van der Waals surface area contributed by atoms with Crippen molar-refractivity contribution < 1.29 is 23.5 Å². The molecule has 0 aliphatic heterocycles. The van der Waals surface area contributed by atoms with Crippen LogP contribution in [0.3, 0.4) is 0 Å². The standard InChI is InChI=1S/C12H7FO4/c13-9-3-1-2-8(12(15)16)11(9)10-5-4-7(6-14)17-10/h1-6H,(H,15,16). The molecule has 0 spiro atoms. The van der Waals surface area contributed by atoms with Gasteiger partial charge >= 0.3 is 5.97 Å². The van der Waals surface area contributed by atoms with Gasteiger partial charge in [0.25, 0.3) is 0 Å². The lowest BCUT2D eigenvalue weighted by molar-refractivity contribution is 0.0697. The number of carboxylic acids is 1. The Kier molecular flexibility index (Phi) is 2.74. The molecule has 0 atom stereocenters. The van der Waals surface area contributed by atoms with E-state index in [4.69, 9.17) is 9.52 Å². The van der Waals surface area contributed by atoms with Gasteiger partial charge in [-0.3, -0.25) is 4.79 Å². The van der Waals surface area contributed by atoms with E-state index < -0.39 is 11.8 Å². The smallest absolute Gasteiger partial charge is 0.336 e. The highest BCUT2D eigenvalue weighted by molar-refractivity contribution is 5.95. The van der Waals surface area contributed by atoms with E-state index in [9.17, 15) is 14.0 Å². The van der Waals surface area contributed by atoms with Crippen molar-refractivity contribution >= 4 is 12.3 Å². The lowest BCUT2D eigenvalue weighted by atomic mass is 10.0. The van der Waals surface area contributed by atoms with Crippen LogP contribution in [0, 0.1) is 5.82 Å². The van der Waals surface area contributed by atoms with Crippen molar-refractivity contribution in [3.63, 3.8) is 0 Å². The van der Waals surface area contributed by atoms with Gasteiger partial charge in [0.15, 0.2) is 12.0 Å². The molecular weight excluding hydrogens is 227 g/mol. The predicted molar refractivity (Wildman–Crippen MR) is 56.4 cm³/mol. The van der Waals surface area contributed by atoms with E-state index in [0.29, 0.717) is 6.29 Å². The summed E-state index contributed by atoms with van der Waals surface area (Å²) >= 11 is 0. The highest BCUT2D eigenvalue weighted by Crippen LogP contribution is 2.28. The fourth-order valence-corrected chi connectivity index (χ4v) is 1.50. The molecule has 0 fully saturated rings. The molecule has 1 N–H and O–H groups in total. The molecule has 4 nitrogen and oxygen atoms in total. The monoisotopic (exact) mass is 234 g/mol. The lowest BCUT2D eigenvalue weighted by Gasteiger charge is -2.03. The molecule has 5 heteroatoms. The van der Waals surface area contributed by atoms with Crippen LogP contribution in [0.4, 0.5) is 4.39 Å². The summed E-state index contributed by atoms with van der Waals surface area (Å²) < 4.78 is 18.6. The van der Waals surface area contributed by atoms with Gasteiger partial charge in [0.05, 0.1) is 11.1 Å². The van der Waals surface area contributed by atoms with Gasteiger partial charge in [0.2, 0.25) is 0 Å². The zero-order valence-electron chi connectivity index (χ0n) is 8.51. The summed E-state index contributed by atoms with van der Waals surface area (Å²) in [5.41, 5.74) is -0.370. The second-order valence-electron chi connectivity index (χ2n) is 3.29. The van der Waals surface area contributed by atoms with Crippen LogP contribution in [0.1, 0.15) is 20.9 Å². The number of benzene rings is 1. The number of furan rings is 1. The number of aldehydes is 1. The summed E-state index contributed by atoms with van der Waals surface area (Å²) in [4.78, 5) is 21.4. The van der Waals surface area contributed by atoms with Gasteiger partial charge in [-0.2, -0.15) is 0 Å². The number of carbonyl (C=O) groups excluding carboxylic acids is 1. The Hall–Kier alpha value is -2.43. The van der Waals surface area contributed by atoms with Crippen LogP contribution >= 0.6 is 0 Å². The van der Waals surface area contributed by atoms with Crippen molar-refractivity contribution in [3.8, 4) is 11.3 Å². The molecule has 17 heavy (non-hydrogen) atoms. The van der Waals surface area contributed by atoms with E-state index >= 15 is 0 Å². The molecule has 0 aliphatic carbocycles. The fraction of sp³-hybridized carbons (Fsp3) is 0. The van der Waals surface area contributed by atoms with E-state index in [0.717, 1.165) is 6.07 Å². The molecule has 1 aromatic carbocycles. The molecule has 0 saturated carbocycles. The first-order chi connectivity index (χ1) is 8.13. The minimum atomic E-state index is -1.26. The van der Waals surface area contributed by atoms with Crippen LogP contribution in [0.5, 0.6) is 0 Å². The van der Waals surface area contributed by atoms with E-state index in [1.54, 1.807) is 0 Å². The minimum absolute atomic E-state index is 0.0135. The first-order valence-corrected chi connectivity index (χ1v) is 4.70. The summed E-state index contributed by atoms with van der Waals surface area (Å²) in [6.07, 6.45) is 0.463. The van der Waals surface area contributed by atoms with Gasteiger partial charge in [-0.1, -0.05) is 6.07 Å². The second-order valence-corrected chi connectivity index (χ2v) is 3.29. The first-order valence-electron chi connectivity index (χ1n) is 4.70. The molecule has 0 unspecified atom stereocenters. The molecule has 0 amide bonds. The van der Waals surface area contributed by atoms with Crippen LogP contribution in [0.25, 0.3) is 11.3 Å². The first kappa shape index (κ1) is 11.1. The summed E-state index contributed by atoms with van der Waals surface area (Å²) in [5, 5.41) is 8.94. The highest BCUT2D eigenvalue weighted by atomic mass is 19.1. The third-order valence-electron chi connectivity index (χ3n) is 2.23. The average Bonchev–Trinajstić information content (AvgIpc) is 2.76. The summed E-state index contributed by atoms with van der Waals surface area (Å²) in [5.74, 6) is -1.94. The summed E-state index contributed by atoms with van der Waals surface area (Å²) in [7, 11) is 0. The Labute approximate surface area is 95.3 Å². The van der Waals surface area contributed by atoms with E-state index in [-0.39, 0.29) is 22.6 Å². The van der Waals surface area contributed by atoms with Gasteiger partial charge in [0, 0.05) is 0 Å². The third kappa shape index (κ3) is 1.94. The van der Waals surface area contributed by atoms with Gasteiger partial charge in [-0.25, -0.2) is 9.18 Å². The quantitative estimate of drug-likeness (QED) is 0.829. The van der Waals surface area contributed by atoms with E-state index in [1.807, 2.05) is 0 Å². The number of aromatic carboxylic acids is 1. The molecule has 86 valence electrons. The Morgan fingerprint density at radius 2 is 2.06 bits per heavy atom. The van der Waals surface area contributed by atoms with Crippen LogP contribution in [0.15, 0.2) is 34.7 Å². The van der Waals surface area contributed by atoms with Crippen molar-refractivity contribution in [1.82, 2.24) is 0 Å². The highest BCUT2D eigenvalue weighted by Gasteiger charge is 2.18. The van der Waals surface area contributed by atoms with Gasteiger partial charge < -0.3 is 9.52 Å². The Morgan fingerprint density at radius 3 is 2.65 bits per heavy atom. The SMILES string of the molecule is O=Cc1ccc(-c2c(F)cccc2C(=O)O)o1. The zero-order chi connectivity index (χ0) is 12.4. The number of hydrogen-bond donors (Lipinski definition) is 1. The van der Waals surface area contributed by atoms with Crippen LogP contribution in [0.2, 0.25) is 0 Å². The number of carboxylic acid groups (broad SMARTS) is 1.